The molecule has 0 atom stereocenters. The molecule has 2 aromatic carbocycles. The van der Waals surface area contributed by atoms with Crippen LogP contribution in [0.15, 0.2) is 64.3 Å². The largest absolute Gasteiger partial charge is 0.494 e. The van der Waals surface area contributed by atoms with Crippen molar-refractivity contribution in [2.45, 2.75) is 17.7 Å². The molecule has 0 unspecified atom stereocenters. The Kier molecular flexibility index (Phi) is 5.20. The molecule has 3 rings (SSSR count). The minimum atomic E-state index is -0.216. The van der Waals surface area contributed by atoms with Gasteiger partial charge in [0, 0.05) is 17.1 Å². The Hall–Kier alpha value is -1.98. The molecule has 2 N–H and O–H groups in total. The van der Waals surface area contributed by atoms with Gasteiger partial charge < -0.3 is 5.11 Å². The van der Waals surface area contributed by atoms with Crippen LogP contribution in [0.1, 0.15) is 16.0 Å². The van der Waals surface area contributed by atoms with E-state index in [0.29, 0.717) is 11.3 Å². The van der Waals surface area contributed by atoms with Gasteiger partial charge in [0.25, 0.3) is 0 Å². The van der Waals surface area contributed by atoms with E-state index in [0.717, 1.165) is 29.1 Å². The molecule has 3 aromatic rings. The zero-order valence-electron chi connectivity index (χ0n) is 12.5. The van der Waals surface area contributed by atoms with Crippen molar-refractivity contribution in [1.82, 2.24) is 4.98 Å². The summed E-state index contributed by atoms with van der Waals surface area (Å²) in [6.45, 7) is 0. The van der Waals surface area contributed by atoms with Gasteiger partial charge in [-0.25, -0.2) is 0 Å². The molecule has 118 valence electrons. The number of thiazole rings is 1. The van der Waals surface area contributed by atoms with Crippen molar-refractivity contribution in [2.75, 3.05) is 5.75 Å². The lowest BCUT2D eigenvalue weighted by atomic mass is 10.1. The van der Waals surface area contributed by atoms with Gasteiger partial charge in [-0.2, -0.15) is 0 Å². The Morgan fingerprint density at radius 2 is 1.70 bits per heavy atom. The van der Waals surface area contributed by atoms with Crippen molar-refractivity contribution in [2.24, 2.45) is 0 Å². The van der Waals surface area contributed by atoms with Gasteiger partial charge in [0.05, 0.1) is 4.88 Å². The Morgan fingerprint density at radius 1 is 1.00 bits per heavy atom. The van der Waals surface area contributed by atoms with Crippen molar-refractivity contribution in [3.8, 4) is 5.88 Å². The van der Waals surface area contributed by atoms with Crippen LogP contribution < -0.4 is 4.87 Å². The lowest BCUT2D eigenvalue weighted by Crippen LogP contribution is -1.91. The predicted molar refractivity (Wildman–Crippen MR) is 96.7 cm³/mol. The molecule has 0 aliphatic rings. The Morgan fingerprint density at radius 3 is 2.35 bits per heavy atom. The molecule has 0 fully saturated rings. The van der Waals surface area contributed by atoms with Crippen LogP contribution in [0.5, 0.6) is 5.88 Å². The van der Waals surface area contributed by atoms with Gasteiger partial charge in [-0.05, 0) is 29.7 Å². The molecule has 0 bridgehead atoms. The fourth-order valence-corrected chi connectivity index (χ4v) is 3.97. The molecule has 0 aliphatic heterocycles. The zero-order valence-corrected chi connectivity index (χ0v) is 14.1. The number of hydrogen-bond acceptors (Lipinski definition) is 4. The van der Waals surface area contributed by atoms with Crippen molar-refractivity contribution in [3.05, 3.63) is 80.3 Å². The number of aromatic nitrogens is 1. The molecule has 0 spiro atoms. The second kappa shape index (κ2) is 7.53. The number of thioether (sulfide) groups is 1. The van der Waals surface area contributed by atoms with Crippen LogP contribution in [-0.2, 0) is 12.8 Å². The standard InChI is InChI=1S/C18H17NO2S2/c20-17-16(23-18(21)19-17)12-14-8-6-13(7-9-14)10-11-22-15-4-2-1-3-5-15/h1-9,20H,10-12H2,(H,19,21). The molecule has 1 aromatic heterocycles. The number of benzene rings is 2. The number of nitrogens with one attached hydrogen (secondary N) is 1. The first kappa shape index (κ1) is 15.9. The SMILES string of the molecule is O=c1[nH]c(O)c(Cc2ccc(CCSc3ccccc3)cc2)s1. The second-order valence-corrected chi connectivity index (χ2v) is 7.43. The maximum Gasteiger partial charge on any atom is 0.307 e. The smallest absolute Gasteiger partial charge is 0.307 e. The van der Waals surface area contributed by atoms with Gasteiger partial charge in [0.1, 0.15) is 0 Å². The van der Waals surface area contributed by atoms with Crippen molar-refractivity contribution in [1.29, 1.82) is 0 Å². The van der Waals surface area contributed by atoms with E-state index >= 15 is 0 Å². The van der Waals surface area contributed by atoms with Crippen LogP contribution >= 0.6 is 23.1 Å². The number of aryl methyl sites for hydroxylation is 1. The van der Waals surface area contributed by atoms with Crippen molar-refractivity contribution < 1.29 is 5.11 Å². The predicted octanol–water partition coefficient (Wildman–Crippen LogP) is 4.07. The van der Waals surface area contributed by atoms with Gasteiger partial charge in [-0.15, -0.1) is 11.8 Å². The topological polar surface area (TPSA) is 53.1 Å². The third kappa shape index (κ3) is 4.50. The van der Waals surface area contributed by atoms with Crippen molar-refractivity contribution in [3.63, 3.8) is 0 Å². The first-order valence-corrected chi connectivity index (χ1v) is 9.17. The summed E-state index contributed by atoms with van der Waals surface area (Å²) in [5.41, 5.74) is 2.39. The maximum atomic E-state index is 11.2. The molecule has 0 aliphatic carbocycles. The molecule has 0 saturated carbocycles. The molecule has 5 heteroatoms. The van der Waals surface area contributed by atoms with E-state index in [4.69, 9.17) is 0 Å². The highest BCUT2D eigenvalue weighted by Crippen LogP contribution is 2.21. The molecule has 0 saturated heterocycles. The summed E-state index contributed by atoms with van der Waals surface area (Å²) in [4.78, 5) is 15.4. The van der Waals surface area contributed by atoms with E-state index in [-0.39, 0.29) is 10.8 Å². The summed E-state index contributed by atoms with van der Waals surface area (Å²) >= 11 is 2.92. The first-order valence-electron chi connectivity index (χ1n) is 7.37. The first-order chi connectivity index (χ1) is 11.2. The highest BCUT2D eigenvalue weighted by Gasteiger charge is 2.07. The fraction of sp³-hybridized carbons (Fsp3) is 0.167. The van der Waals surface area contributed by atoms with Crippen LogP contribution in [-0.4, -0.2) is 15.8 Å². The van der Waals surface area contributed by atoms with E-state index in [9.17, 15) is 9.90 Å². The summed E-state index contributed by atoms with van der Waals surface area (Å²) in [5, 5.41) is 9.62. The second-order valence-electron chi connectivity index (χ2n) is 5.19. The van der Waals surface area contributed by atoms with E-state index < -0.39 is 0 Å². The Balaban J connectivity index is 1.55. The van der Waals surface area contributed by atoms with Gasteiger partial charge in [0.2, 0.25) is 5.88 Å². The number of H-pyrrole nitrogens is 1. The average molecular weight is 343 g/mol. The molecule has 3 nitrogen and oxygen atoms in total. The molecule has 0 amide bonds. The molecule has 23 heavy (non-hydrogen) atoms. The average Bonchev–Trinajstić information content (AvgIpc) is 2.88. The normalized spacial score (nSPS) is 10.8. The fourth-order valence-electron chi connectivity index (χ4n) is 2.28. The molecule has 1 heterocycles. The Bertz CT molecular complexity index is 807. The Labute approximate surface area is 143 Å². The quantitative estimate of drug-likeness (QED) is 0.664. The summed E-state index contributed by atoms with van der Waals surface area (Å²) in [5.74, 6) is 1.03. The third-order valence-corrected chi connectivity index (χ3v) is 5.38. The highest BCUT2D eigenvalue weighted by molar-refractivity contribution is 7.99. The zero-order chi connectivity index (χ0) is 16.1. The van der Waals surface area contributed by atoms with E-state index in [1.165, 1.54) is 10.5 Å². The van der Waals surface area contributed by atoms with E-state index in [2.05, 4.69) is 53.5 Å². The lowest BCUT2D eigenvalue weighted by molar-refractivity contribution is 0.451. The van der Waals surface area contributed by atoms with Crippen LogP contribution in [0.3, 0.4) is 0 Å². The molecular formula is C18H17NO2S2. The van der Waals surface area contributed by atoms with Gasteiger partial charge in [-0.3, -0.25) is 9.78 Å². The molecule has 0 radical (unpaired) electrons. The molecular weight excluding hydrogens is 326 g/mol. The van der Waals surface area contributed by atoms with Crippen LogP contribution in [0, 0.1) is 0 Å². The summed E-state index contributed by atoms with van der Waals surface area (Å²) in [7, 11) is 0. The van der Waals surface area contributed by atoms with Crippen LogP contribution in [0.2, 0.25) is 0 Å². The summed E-state index contributed by atoms with van der Waals surface area (Å²) < 4.78 is 0. The minimum Gasteiger partial charge on any atom is -0.494 e. The number of hydrogen-bond donors (Lipinski definition) is 2. The van der Waals surface area contributed by atoms with Gasteiger partial charge in [0.15, 0.2) is 0 Å². The van der Waals surface area contributed by atoms with Crippen LogP contribution in [0.4, 0.5) is 0 Å². The minimum absolute atomic E-state index is 0.0108. The maximum absolute atomic E-state index is 11.2. The number of aromatic amines is 1. The van der Waals surface area contributed by atoms with Gasteiger partial charge in [-0.1, -0.05) is 53.8 Å². The lowest BCUT2D eigenvalue weighted by Gasteiger charge is -2.04. The van der Waals surface area contributed by atoms with Crippen molar-refractivity contribution >= 4 is 23.1 Å². The summed E-state index contributed by atoms with van der Waals surface area (Å²) in [6.07, 6.45) is 1.59. The summed E-state index contributed by atoms with van der Waals surface area (Å²) in [6, 6.07) is 18.8. The third-order valence-electron chi connectivity index (χ3n) is 3.49. The number of aromatic hydroxyl groups is 1. The van der Waals surface area contributed by atoms with Crippen LogP contribution in [0.25, 0.3) is 0 Å². The number of rotatable bonds is 6. The highest BCUT2D eigenvalue weighted by atomic mass is 32.2. The van der Waals surface area contributed by atoms with E-state index in [1.54, 1.807) is 0 Å². The monoisotopic (exact) mass is 343 g/mol. The van der Waals surface area contributed by atoms with Gasteiger partial charge >= 0.3 is 4.87 Å². The van der Waals surface area contributed by atoms with E-state index in [1.807, 2.05) is 17.8 Å².